The van der Waals surface area contributed by atoms with Crippen LogP contribution in [0.3, 0.4) is 0 Å². The van der Waals surface area contributed by atoms with Crippen LogP contribution < -0.4 is 20.9 Å². The van der Waals surface area contributed by atoms with Gasteiger partial charge in [-0.3, -0.25) is 14.2 Å². The first kappa shape index (κ1) is 29.0. The second kappa shape index (κ2) is 14.4. The number of esters is 1. The number of amides is 1. The molecule has 0 atom stereocenters. The average molecular weight is 545 g/mol. The molecule has 0 saturated carbocycles. The van der Waals surface area contributed by atoms with Crippen molar-refractivity contribution in [3.8, 4) is 11.8 Å². The summed E-state index contributed by atoms with van der Waals surface area (Å²) in [6.45, 7) is 5.35. The standard InChI is InChI=1S/C26H36N6O5S/c1-4-6-14-36-25-29-23(27)22-24(30-25)32(26(35)28-22)13-8-12-31(20(33)11-15-38-3)17-18-9-7-10-19(16-18)37-21(34)5-2/h7,9-10,16H,4-6,8,11-15,17H2,1-3H3,(H,28,35)(H2,27,29,30). The van der Waals surface area contributed by atoms with Gasteiger partial charge in [0.25, 0.3) is 0 Å². The molecule has 0 radical (unpaired) electrons. The van der Waals surface area contributed by atoms with Crippen LogP contribution in [-0.2, 0) is 22.7 Å². The van der Waals surface area contributed by atoms with E-state index < -0.39 is 0 Å². The number of hydrogen-bond acceptors (Lipinski definition) is 9. The number of benzene rings is 1. The molecule has 0 aliphatic rings. The number of aryl methyl sites for hydroxylation is 1. The number of rotatable bonds is 15. The van der Waals surface area contributed by atoms with Gasteiger partial charge in [-0.25, -0.2) is 4.79 Å². The fourth-order valence-corrected chi connectivity index (χ4v) is 4.18. The van der Waals surface area contributed by atoms with Crippen molar-refractivity contribution < 1.29 is 19.1 Å². The molecule has 3 rings (SSSR count). The summed E-state index contributed by atoms with van der Waals surface area (Å²) in [4.78, 5) is 50.4. The van der Waals surface area contributed by atoms with Crippen LogP contribution in [-0.4, -0.2) is 61.5 Å². The Labute approximate surface area is 226 Å². The second-order valence-corrected chi connectivity index (χ2v) is 9.75. The quantitative estimate of drug-likeness (QED) is 0.167. The zero-order valence-electron chi connectivity index (χ0n) is 22.2. The lowest BCUT2D eigenvalue weighted by atomic mass is 10.2. The molecule has 12 heteroatoms. The van der Waals surface area contributed by atoms with Crippen molar-refractivity contribution in [1.29, 1.82) is 0 Å². The minimum atomic E-state index is -0.350. The Morgan fingerprint density at radius 1 is 1.21 bits per heavy atom. The van der Waals surface area contributed by atoms with Gasteiger partial charge in [0.15, 0.2) is 11.5 Å². The number of nitrogens with two attached hydrogens (primary N) is 1. The fraction of sp³-hybridized carbons (Fsp3) is 0.500. The zero-order valence-corrected chi connectivity index (χ0v) is 23.0. The summed E-state index contributed by atoms with van der Waals surface area (Å²) in [6, 6.07) is 7.31. The first-order valence-electron chi connectivity index (χ1n) is 12.8. The van der Waals surface area contributed by atoms with Gasteiger partial charge >= 0.3 is 17.7 Å². The number of carbonyl (C=O) groups is 2. The lowest BCUT2D eigenvalue weighted by Gasteiger charge is -2.23. The number of nitrogen functional groups attached to an aromatic ring is 1. The smallest absolute Gasteiger partial charge is 0.327 e. The number of carbonyl (C=O) groups excluding carboxylic acids is 2. The maximum absolute atomic E-state index is 13.0. The molecule has 0 unspecified atom stereocenters. The summed E-state index contributed by atoms with van der Waals surface area (Å²) >= 11 is 1.61. The van der Waals surface area contributed by atoms with Crippen molar-refractivity contribution in [2.24, 2.45) is 0 Å². The van der Waals surface area contributed by atoms with Gasteiger partial charge in [-0.1, -0.05) is 32.4 Å². The number of fused-ring (bicyclic) bond motifs is 1. The molecule has 0 fully saturated rings. The van der Waals surface area contributed by atoms with Crippen molar-refractivity contribution in [1.82, 2.24) is 24.4 Å². The molecule has 206 valence electrons. The van der Waals surface area contributed by atoms with Crippen molar-refractivity contribution in [2.45, 2.75) is 59.0 Å². The molecule has 3 N–H and O–H groups in total. The van der Waals surface area contributed by atoms with Gasteiger partial charge in [0.05, 0.1) is 6.61 Å². The number of nitrogens with one attached hydrogen (secondary N) is 1. The number of unbranched alkanes of at least 4 members (excludes halogenated alkanes) is 1. The van der Waals surface area contributed by atoms with E-state index in [0.29, 0.717) is 61.7 Å². The number of hydrogen-bond donors (Lipinski definition) is 2. The van der Waals surface area contributed by atoms with Gasteiger partial charge < -0.3 is 25.1 Å². The van der Waals surface area contributed by atoms with Crippen LogP contribution >= 0.6 is 11.8 Å². The first-order valence-corrected chi connectivity index (χ1v) is 14.2. The predicted octanol–water partition coefficient (Wildman–Crippen LogP) is 3.37. The van der Waals surface area contributed by atoms with E-state index in [2.05, 4.69) is 21.9 Å². The predicted molar refractivity (Wildman–Crippen MR) is 148 cm³/mol. The molecule has 1 amide bonds. The third-order valence-corrected chi connectivity index (χ3v) is 6.45. The maximum atomic E-state index is 13.0. The van der Waals surface area contributed by atoms with Gasteiger partial charge in [-0.15, -0.1) is 0 Å². The first-order chi connectivity index (χ1) is 18.4. The van der Waals surface area contributed by atoms with E-state index in [1.165, 1.54) is 4.57 Å². The van der Waals surface area contributed by atoms with Crippen LogP contribution in [0.4, 0.5) is 5.82 Å². The minimum absolute atomic E-state index is 0.0137. The van der Waals surface area contributed by atoms with Crippen molar-refractivity contribution in [3.05, 3.63) is 40.3 Å². The summed E-state index contributed by atoms with van der Waals surface area (Å²) in [5.74, 6) is 1.00. The molecule has 38 heavy (non-hydrogen) atoms. The van der Waals surface area contributed by atoms with Gasteiger partial charge in [0.2, 0.25) is 5.91 Å². The van der Waals surface area contributed by atoms with Crippen LogP contribution in [0, 0.1) is 0 Å². The normalized spacial score (nSPS) is 11.0. The van der Waals surface area contributed by atoms with Crippen LogP contribution in [0.25, 0.3) is 11.2 Å². The Morgan fingerprint density at radius 2 is 2.03 bits per heavy atom. The maximum Gasteiger partial charge on any atom is 0.327 e. The zero-order chi connectivity index (χ0) is 27.5. The van der Waals surface area contributed by atoms with Crippen LogP contribution in [0.2, 0.25) is 0 Å². The van der Waals surface area contributed by atoms with E-state index in [9.17, 15) is 14.4 Å². The van der Waals surface area contributed by atoms with Crippen LogP contribution in [0.5, 0.6) is 11.8 Å². The van der Waals surface area contributed by atoms with Gasteiger partial charge in [-0.05, 0) is 36.8 Å². The van der Waals surface area contributed by atoms with Crippen molar-refractivity contribution in [3.63, 3.8) is 0 Å². The Balaban J connectivity index is 1.74. The number of aromatic amines is 1. The summed E-state index contributed by atoms with van der Waals surface area (Å²) in [7, 11) is 0. The second-order valence-electron chi connectivity index (χ2n) is 8.76. The Kier molecular flexibility index (Phi) is 11.0. The molecule has 3 aromatic rings. The number of ether oxygens (including phenoxy) is 2. The fourth-order valence-electron chi connectivity index (χ4n) is 3.80. The molecule has 1 aromatic carbocycles. The summed E-state index contributed by atoms with van der Waals surface area (Å²) in [5.41, 5.74) is 7.28. The highest BCUT2D eigenvalue weighted by Gasteiger charge is 2.17. The van der Waals surface area contributed by atoms with E-state index in [0.717, 1.165) is 18.4 Å². The topological polar surface area (TPSA) is 145 Å². The minimum Gasteiger partial charge on any atom is -0.463 e. The highest BCUT2D eigenvalue weighted by atomic mass is 32.2. The van der Waals surface area contributed by atoms with Crippen LogP contribution in [0.15, 0.2) is 29.1 Å². The Hall–Kier alpha value is -3.54. The van der Waals surface area contributed by atoms with Crippen LogP contribution in [0.1, 0.15) is 51.5 Å². The average Bonchev–Trinajstić information content (AvgIpc) is 3.22. The highest BCUT2D eigenvalue weighted by Crippen LogP contribution is 2.19. The lowest BCUT2D eigenvalue weighted by molar-refractivity contribution is -0.134. The van der Waals surface area contributed by atoms with Gasteiger partial charge in [-0.2, -0.15) is 21.7 Å². The number of H-pyrrole nitrogens is 1. The third kappa shape index (κ3) is 7.98. The highest BCUT2D eigenvalue weighted by molar-refractivity contribution is 7.98. The molecule has 0 spiro atoms. The molecule has 0 saturated heterocycles. The Bertz CT molecular complexity index is 1290. The van der Waals surface area contributed by atoms with E-state index in [1.54, 1.807) is 41.8 Å². The SMILES string of the molecule is CCCCOc1nc(N)c2[nH]c(=O)n(CCCN(Cc3cccc(OC(=O)CC)c3)C(=O)CCSC)c2n1. The lowest BCUT2D eigenvalue weighted by Crippen LogP contribution is -2.33. The van der Waals surface area contributed by atoms with Crippen molar-refractivity contribution in [2.75, 3.05) is 30.9 Å². The van der Waals surface area contributed by atoms with E-state index in [-0.39, 0.29) is 35.8 Å². The van der Waals surface area contributed by atoms with E-state index in [4.69, 9.17) is 15.2 Å². The summed E-state index contributed by atoms with van der Waals surface area (Å²) in [5, 5.41) is 0. The van der Waals surface area contributed by atoms with E-state index >= 15 is 0 Å². The van der Waals surface area contributed by atoms with E-state index in [1.807, 2.05) is 12.3 Å². The number of imidazole rings is 1. The van der Waals surface area contributed by atoms with Gasteiger partial charge in [0, 0.05) is 38.2 Å². The molecule has 0 aliphatic carbocycles. The summed E-state index contributed by atoms with van der Waals surface area (Å²) in [6.07, 6.45) is 4.97. The number of thioether (sulfide) groups is 1. The summed E-state index contributed by atoms with van der Waals surface area (Å²) < 4.78 is 12.4. The Morgan fingerprint density at radius 3 is 2.76 bits per heavy atom. The number of nitrogens with zero attached hydrogens (tertiary/aromatic N) is 4. The molecule has 2 aromatic heterocycles. The molecule has 2 heterocycles. The molecule has 0 bridgehead atoms. The molecular weight excluding hydrogens is 508 g/mol. The molecule has 0 aliphatic heterocycles. The largest absolute Gasteiger partial charge is 0.463 e. The number of aromatic nitrogens is 4. The van der Waals surface area contributed by atoms with Gasteiger partial charge in [0.1, 0.15) is 11.3 Å². The number of anilines is 1. The molecule has 11 nitrogen and oxygen atoms in total. The van der Waals surface area contributed by atoms with Crippen molar-refractivity contribution >= 4 is 40.6 Å². The molecular formula is C26H36N6O5S. The monoisotopic (exact) mass is 544 g/mol. The third-order valence-electron chi connectivity index (χ3n) is 5.83.